The van der Waals surface area contributed by atoms with Crippen molar-refractivity contribution in [3.05, 3.63) is 65.5 Å². The maximum absolute atomic E-state index is 12.7. The van der Waals surface area contributed by atoms with E-state index in [4.69, 9.17) is 10.1 Å². The van der Waals surface area contributed by atoms with Gasteiger partial charge in [0.2, 0.25) is 11.1 Å². The minimum Gasteiger partial charge on any atom is -0.325 e. The highest BCUT2D eigenvalue weighted by Crippen LogP contribution is 2.40. The second kappa shape index (κ2) is 7.80. The van der Waals surface area contributed by atoms with Crippen molar-refractivity contribution < 1.29 is 4.79 Å². The largest absolute Gasteiger partial charge is 0.325 e. The molecule has 4 rings (SSSR count). The highest BCUT2D eigenvalue weighted by molar-refractivity contribution is 8.00. The molecule has 1 aromatic heterocycles. The number of carbonyl (C=O) groups excluding carboxylic acids is 1. The molecule has 1 fully saturated rings. The molecule has 1 saturated carbocycles. The van der Waals surface area contributed by atoms with Crippen LogP contribution in [0.15, 0.2) is 53.7 Å². The molecule has 0 radical (unpaired) electrons. The van der Waals surface area contributed by atoms with Gasteiger partial charge < -0.3 is 5.32 Å². The van der Waals surface area contributed by atoms with Crippen LogP contribution in [-0.4, -0.2) is 25.9 Å². The van der Waals surface area contributed by atoms with Gasteiger partial charge in [-0.15, -0.1) is 5.10 Å². The van der Waals surface area contributed by atoms with Crippen molar-refractivity contribution in [1.29, 1.82) is 0 Å². The zero-order valence-corrected chi connectivity index (χ0v) is 17.2. The molecule has 3 aromatic rings. The van der Waals surface area contributed by atoms with Gasteiger partial charge in [-0.25, -0.2) is 9.67 Å². The number of thioether (sulfide) groups is 1. The van der Waals surface area contributed by atoms with Crippen molar-refractivity contribution in [1.82, 2.24) is 14.8 Å². The van der Waals surface area contributed by atoms with E-state index in [1.54, 1.807) is 0 Å². The first-order valence-electron chi connectivity index (χ1n) is 9.58. The Labute approximate surface area is 169 Å². The van der Waals surface area contributed by atoms with E-state index in [9.17, 15) is 4.79 Å². The smallest absolute Gasteiger partial charge is 0.237 e. The zero-order chi connectivity index (χ0) is 19.7. The molecule has 28 heavy (non-hydrogen) atoms. The van der Waals surface area contributed by atoms with Crippen LogP contribution in [0.1, 0.15) is 42.6 Å². The maximum Gasteiger partial charge on any atom is 0.237 e. The van der Waals surface area contributed by atoms with Crippen molar-refractivity contribution >= 4 is 23.4 Å². The number of aryl methyl sites for hydroxylation is 2. The molecular weight excluding hydrogens is 368 g/mol. The Hall–Kier alpha value is -2.60. The first-order valence-corrected chi connectivity index (χ1v) is 10.5. The summed E-state index contributed by atoms with van der Waals surface area (Å²) in [5.74, 6) is 1.43. The Morgan fingerprint density at radius 3 is 2.64 bits per heavy atom. The van der Waals surface area contributed by atoms with Crippen LogP contribution in [0.3, 0.4) is 0 Å². The summed E-state index contributed by atoms with van der Waals surface area (Å²) >= 11 is 1.40. The molecule has 1 heterocycles. The normalized spacial score (nSPS) is 14.7. The Balaban J connectivity index is 1.50. The fourth-order valence-electron chi connectivity index (χ4n) is 3.04. The van der Waals surface area contributed by atoms with Crippen LogP contribution in [0.25, 0.3) is 5.69 Å². The number of benzene rings is 2. The molecule has 1 amide bonds. The van der Waals surface area contributed by atoms with E-state index < -0.39 is 0 Å². The monoisotopic (exact) mass is 392 g/mol. The van der Waals surface area contributed by atoms with Gasteiger partial charge in [-0.1, -0.05) is 42.1 Å². The third kappa shape index (κ3) is 4.12. The van der Waals surface area contributed by atoms with Gasteiger partial charge >= 0.3 is 0 Å². The van der Waals surface area contributed by atoms with Gasteiger partial charge in [-0.2, -0.15) is 0 Å². The van der Waals surface area contributed by atoms with Crippen LogP contribution in [0.2, 0.25) is 0 Å². The topological polar surface area (TPSA) is 59.8 Å². The van der Waals surface area contributed by atoms with Crippen molar-refractivity contribution in [2.45, 2.75) is 49.9 Å². The van der Waals surface area contributed by atoms with Gasteiger partial charge in [0.05, 0.1) is 10.9 Å². The number of aromatic nitrogens is 3. The number of anilines is 1. The number of nitrogens with one attached hydrogen (secondary N) is 1. The zero-order valence-electron chi connectivity index (χ0n) is 16.3. The third-order valence-electron chi connectivity index (χ3n) is 4.86. The molecule has 1 aliphatic carbocycles. The van der Waals surface area contributed by atoms with Gasteiger partial charge in [0.1, 0.15) is 5.82 Å². The second-order valence-corrected chi connectivity index (χ2v) is 8.65. The van der Waals surface area contributed by atoms with Crippen LogP contribution < -0.4 is 5.32 Å². The Kier molecular flexibility index (Phi) is 5.22. The molecule has 0 spiro atoms. The number of nitrogens with zero attached hydrogens (tertiary/aromatic N) is 3. The number of para-hydroxylation sites is 1. The third-order valence-corrected chi connectivity index (χ3v) is 5.81. The predicted octanol–water partition coefficient (Wildman–Crippen LogP) is 4.88. The van der Waals surface area contributed by atoms with Crippen LogP contribution in [0.4, 0.5) is 5.69 Å². The van der Waals surface area contributed by atoms with Crippen molar-refractivity contribution in [2.75, 3.05) is 5.32 Å². The lowest BCUT2D eigenvalue weighted by Gasteiger charge is -2.12. The molecule has 2 aromatic carbocycles. The summed E-state index contributed by atoms with van der Waals surface area (Å²) in [5.41, 5.74) is 4.05. The summed E-state index contributed by atoms with van der Waals surface area (Å²) in [4.78, 5) is 17.4. The molecule has 0 bridgehead atoms. The van der Waals surface area contributed by atoms with E-state index in [-0.39, 0.29) is 11.2 Å². The van der Waals surface area contributed by atoms with E-state index in [1.807, 2.05) is 74.0 Å². The van der Waals surface area contributed by atoms with Crippen LogP contribution in [0, 0.1) is 13.8 Å². The van der Waals surface area contributed by atoms with Crippen LogP contribution in [-0.2, 0) is 4.79 Å². The van der Waals surface area contributed by atoms with E-state index in [0.29, 0.717) is 11.1 Å². The highest BCUT2D eigenvalue weighted by atomic mass is 32.2. The summed E-state index contributed by atoms with van der Waals surface area (Å²) in [7, 11) is 0. The maximum atomic E-state index is 12.7. The molecule has 1 unspecified atom stereocenters. The summed E-state index contributed by atoms with van der Waals surface area (Å²) in [5, 5.41) is 8.08. The number of amides is 1. The van der Waals surface area contributed by atoms with Gasteiger partial charge in [0.15, 0.2) is 0 Å². The van der Waals surface area contributed by atoms with Gasteiger partial charge in [0.25, 0.3) is 0 Å². The Bertz CT molecular complexity index is 995. The fourth-order valence-corrected chi connectivity index (χ4v) is 3.79. The summed E-state index contributed by atoms with van der Waals surface area (Å²) < 4.78 is 1.93. The van der Waals surface area contributed by atoms with Crippen molar-refractivity contribution in [3.63, 3.8) is 0 Å². The first-order chi connectivity index (χ1) is 13.5. The lowest BCUT2D eigenvalue weighted by atomic mass is 10.1. The number of carbonyl (C=O) groups is 1. The van der Waals surface area contributed by atoms with E-state index in [1.165, 1.54) is 11.8 Å². The minimum atomic E-state index is -0.293. The van der Waals surface area contributed by atoms with Crippen molar-refractivity contribution in [2.24, 2.45) is 0 Å². The number of hydrogen-bond acceptors (Lipinski definition) is 4. The van der Waals surface area contributed by atoms with Crippen LogP contribution in [0.5, 0.6) is 0 Å². The first kappa shape index (κ1) is 18.7. The second-order valence-electron chi connectivity index (χ2n) is 7.34. The molecule has 0 aliphatic heterocycles. The van der Waals surface area contributed by atoms with E-state index in [2.05, 4.69) is 5.32 Å². The van der Waals surface area contributed by atoms with Crippen LogP contribution >= 0.6 is 11.8 Å². The van der Waals surface area contributed by atoms with Gasteiger partial charge in [-0.3, -0.25) is 4.79 Å². The average molecular weight is 393 g/mol. The van der Waals surface area contributed by atoms with Crippen molar-refractivity contribution in [3.8, 4) is 5.69 Å². The fraction of sp³-hybridized carbons (Fsp3) is 0.318. The number of hydrogen-bond donors (Lipinski definition) is 1. The van der Waals surface area contributed by atoms with E-state index >= 15 is 0 Å². The Morgan fingerprint density at radius 2 is 1.93 bits per heavy atom. The SMILES string of the molecule is Cc1ccc(C)c(NC(=O)C(C)Sc2nc(C3CC3)n(-c3ccccc3)n2)c1. The lowest BCUT2D eigenvalue weighted by molar-refractivity contribution is -0.115. The Morgan fingerprint density at radius 1 is 1.18 bits per heavy atom. The molecular formula is C22H24N4OS. The molecule has 0 saturated heterocycles. The van der Waals surface area contributed by atoms with Gasteiger partial charge in [0, 0.05) is 11.6 Å². The standard InChI is InChI=1S/C22H24N4OS/c1-14-9-10-15(2)19(13-14)23-21(27)16(3)28-22-24-20(17-11-12-17)26(25-22)18-7-5-4-6-8-18/h4-10,13,16-17H,11-12H2,1-3H3,(H,23,27). The highest BCUT2D eigenvalue weighted by Gasteiger charge is 2.31. The summed E-state index contributed by atoms with van der Waals surface area (Å²) in [6, 6.07) is 16.1. The molecule has 1 atom stereocenters. The summed E-state index contributed by atoms with van der Waals surface area (Å²) in [6.45, 7) is 5.91. The molecule has 6 heteroatoms. The van der Waals surface area contributed by atoms with Gasteiger partial charge in [-0.05, 0) is 62.9 Å². The minimum absolute atomic E-state index is 0.0391. The van der Waals surface area contributed by atoms with E-state index in [0.717, 1.165) is 41.2 Å². The summed E-state index contributed by atoms with van der Waals surface area (Å²) in [6.07, 6.45) is 2.30. The molecule has 1 aliphatic rings. The number of rotatable bonds is 6. The molecule has 5 nitrogen and oxygen atoms in total. The lowest BCUT2D eigenvalue weighted by Crippen LogP contribution is -2.23. The molecule has 144 valence electrons. The predicted molar refractivity (Wildman–Crippen MR) is 113 cm³/mol. The molecule has 1 N–H and O–H groups in total. The average Bonchev–Trinajstić information content (AvgIpc) is 3.45. The quantitative estimate of drug-likeness (QED) is 0.607.